The summed E-state index contributed by atoms with van der Waals surface area (Å²) in [5, 5.41) is 6.79. The van der Waals surface area contributed by atoms with Gasteiger partial charge in [0.25, 0.3) is 0 Å². The summed E-state index contributed by atoms with van der Waals surface area (Å²) in [6.45, 7) is 10.4. The molecule has 0 bridgehead atoms. The van der Waals surface area contributed by atoms with Crippen LogP contribution in [0, 0.1) is 5.92 Å². The molecule has 0 aromatic carbocycles. The lowest BCUT2D eigenvalue weighted by Crippen LogP contribution is -2.42. The van der Waals surface area contributed by atoms with Gasteiger partial charge in [-0.15, -0.1) is 24.0 Å². The first-order valence-corrected chi connectivity index (χ1v) is 7.67. The Hall–Kier alpha value is -0.720. The normalized spacial score (nSPS) is 13.0. The number of nitrogens with zero attached hydrogens (tertiary/aromatic N) is 2. The third kappa shape index (κ3) is 9.01. The number of nitrogens with one attached hydrogen (secondary N) is 2. The van der Waals surface area contributed by atoms with Crippen LogP contribution in [0.3, 0.4) is 0 Å². The molecule has 2 N–H and O–H groups in total. The fourth-order valence-corrected chi connectivity index (χ4v) is 2.03. The molecule has 0 saturated carbocycles. The van der Waals surface area contributed by atoms with Crippen LogP contribution >= 0.6 is 24.0 Å². The van der Waals surface area contributed by atoms with Crippen LogP contribution in [-0.4, -0.2) is 23.1 Å². The summed E-state index contributed by atoms with van der Waals surface area (Å²) in [7, 11) is 2.03. The van der Waals surface area contributed by atoms with Gasteiger partial charge in [-0.25, -0.2) is 4.99 Å². The standard InChI is InChI=1S/C16H30N4.HI/c1-6-17-16(19-14(4)8-7-13(2)3)18-11-15-9-10-20(5)12-15;/h9-10,12-14H,6-8,11H2,1-5H3,(H2,17,18,19);1H. The Kier molecular flexibility index (Phi) is 10.6. The molecule has 0 aliphatic heterocycles. The van der Waals surface area contributed by atoms with E-state index in [2.05, 4.69) is 66.3 Å². The molecule has 1 rings (SSSR count). The lowest BCUT2D eigenvalue weighted by molar-refractivity contribution is 0.489. The van der Waals surface area contributed by atoms with E-state index in [1.165, 1.54) is 18.4 Å². The lowest BCUT2D eigenvalue weighted by atomic mass is 10.0. The van der Waals surface area contributed by atoms with Crippen molar-refractivity contribution in [1.82, 2.24) is 15.2 Å². The van der Waals surface area contributed by atoms with Crippen molar-refractivity contribution in [2.24, 2.45) is 18.0 Å². The van der Waals surface area contributed by atoms with Crippen molar-refractivity contribution in [3.05, 3.63) is 24.0 Å². The molecular weight excluding hydrogens is 375 g/mol. The zero-order valence-electron chi connectivity index (χ0n) is 14.0. The maximum atomic E-state index is 4.65. The maximum Gasteiger partial charge on any atom is 0.191 e. The highest BCUT2D eigenvalue weighted by molar-refractivity contribution is 14.0. The zero-order valence-corrected chi connectivity index (χ0v) is 16.3. The number of guanidine groups is 1. The van der Waals surface area contributed by atoms with Gasteiger partial charge < -0.3 is 15.2 Å². The van der Waals surface area contributed by atoms with E-state index >= 15 is 0 Å². The first-order chi connectivity index (χ1) is 9.51. The van der Waals surface area contributed by atoms with Crippen LogP contribution in [0.1, 0.15) is 46.1 Å². The summed E-state index contributed by atoms with van der Waals surface area (Å²) in [5.74, 6) is 1.66. The highest BCUT2D eigenvalue weighted by atomic mass is 127. The molecule has 0 aliphatic carbocycles. The number of halogens is 1. The fraction of sp³-hybridized carbons (Fsp3) is 0.688. The molecule has 0 saturated heterocycles. The largest absolute Gasteiger partial charge is 0.357 e. The van der Waals surface area contributed by atoms with Gasteiger partial charge in [-0.3, -0.25) is 0 Å². The van der Waals surface area contributed by atoms with Crippen molar-refractivity contribution in [3.63, 3.8) is 0 Å². The molecule has 0 radical (unpaired) electrons. The third-order valence-corrected chi connectivity index (χ3v) is 3.22. The molecule has 0 fully saturated rings. The Morgan fingerprint density at radius 3 is 2.52 bits per heavy atom. The van der Waals surface area contributed by atoms with Gasteiger partial charge in [0.15, 0.2) is 5.96 Å². The predicted octanol–water partition coefficient (Wildman–Crippen LogP) is 3.52. The first kappa shape index (κ1) is 20.3. The van der Waals surface area contributed by atoms with Gasteiger partial charge >= 0.3 is 0 Å². The SMILES string of the molecule is CCNC(=NCc1ccn(C)c1)NC(C)CCC(C)C.I. The second-order valence-electron chi connectivity index (χ2n) is 5.90. The van der Waals surface area contributed by atoms with E-state index in [-0.39, 0.29) is 24.0 Å². The minimum Gasteiger partial charge on any atom is -0.357 e. The Morgan fingerprint density at radius 2 is 2.00 bits per heavy atom. The van der Waals surface area contributed by atoms with Gasteiger partial charge in [0.2, 0.25) is 0 Å². The highest BCUT2D eigenvalue weighted by Crippen LogP contribution is 2.06. The van der Waals surface area contributed by atoms with E-state index in [1.807, 2.05) is 7.05 Å². The zero-order chi connectivity index (χ0) is 15.0. The maximum absolute atomic E-state index is 4.65. The molecule has 1 unspecified atom stereocenters. The molecule has 4 nitrogen and oxygen atoms in total. The number of rotatable bonds is 7. The minimum absolute atomic E-state index is 0. The van der Waals surface area contributed by atoms with Crippen molar-refractivity contribution < 1.29 is 0 Å². The predicted molar refractivity (Wildman–Crippen MR) is 102 cm³/mol. The van der Waals surface area contributed by atoms with Crippen LogP contribution in [0.25, 0.3) is 0 Å². The van der Waals surface area contributed by atoms with Crippen molar-refractivity contribution in [2.45, 2.75) is 53.1 Å². The average Bonchev–Trinajstić information content (AvgIpc) is 2.80. The van der Waals surface area contributed by atoms with Crippen LogP contribution in [0.15, 0.2) is 23.5 Å². The Bertz CT molecular complexity index is 412. The molecule has 122 valence electrons. The second kappa shape index (κ2) is 10.9. The first-order valence-electron chi connectivity index (χ1n) is 7.67. The molecule has 1 heterocycles. The molecule has 0 amide bonds. The number of hydrogen-bond donors (Lipinski definition) is 2. The smallest absolute Gasteiger partial charge is 0.191 e. The number of hydrogen-bond acceptors (Lipinski definition) is 1. The topological polar surface area (TPSA) is 41.4 Å². The Labute approximate surface area is 146 Å². The summed E-state index contributed by atoms with van der Waals surface area (Å²) in [5.41, 5.74) is 1.24. The molecule has 1 aromatic rings. The van der Waals surface area contributed by atoms with Crippen LogP contribution in [-0.2, 0) is 13.6 Å². The molecular formula is C16H31IN4. The minimum atomic E-state index is 0. The van der Waals surface area contributed by atoms with Crippen molar-refractivity contribution in [2.75, 3.05) is 6.54 Å². The van der Waals surface area contributed by atoms with E-state index in [9.17, 15) is 0 Å². The lowest BCUT2D eigenvalue weighted by Gasteiger charge is -2.18. The quantitative estimate of drug-likeness (QED) is 0.413. The summed E-state index contributed by atoms with van der Waals surface area (Å²) in [6, 6.07) is 2.56. The summed E-state index contributed by atoms with van der Waals surface area (Å²) >= 11 is 0. The summed E-state index contributed by atoms with van der Waals surface area (Å²) in [4.78, 5) is 4.65. The van der Waals surface area contributed by atoms with E-state index < -0.39 is 0 Å². The van der Waals surface area contributed by atoms with Gasteiger partial charge in [-0.05, 0) is 44.2 Å². The number of aromatic nitrogens is 1. The van der Waals surface area contributed by atoms with Crippen molar-refractivity contribution >= 4 is 29.9 Å². The fourth-order valence-electron chi connectivity index (χ4n) is 2.03. The van der Waals surface area contributed by atoms with Gasteiger partial charge in [0, 0.05) is 32.0 Å². The van der Waals surface area contributed by atoms with E-state index in [0.29, 0.717) is 12.6 Å². The van der Waals surface area contributed by atoms with Crippen LogP contribution in [0.4, 0.5) is 0 Å². The molecule has 0 aliphatic rings. The van der Waals surface area contributed by atoms with Gasteiger partial charge in [0.1, 0.15) is 0 Å². The third-order valence-electron chi connectivity index (χ3n) is 3.22. The van der Waals surface area contributed by atoms with E-state index in [1.54, 1.807) is 0 Å². The van der Waals surface area contributed by atoms with Gasteiger partial charge in [-0.2, -0.15) is 0 Å². The van der Waals surface area contributed by atoms with Crippen LogP contribution < -0.4 is 10.6 Å². The summed E-state index contributed by atoms with van der Waals surface area (Å²) < 4.78 is 2.05. The van der Waals surface area contributed by atoms with E-state index in [4.69, 9.17) is 0 Å². The van der Waals surface area contributed by atoms with E-state index in [0.717, 1.165) is 18.4 Å². The molecule has 5 heteroatoms. The Morgan fingerprint density at radius 1 is 1.29 bits per heavy atom. The van der Waals surface area contributed by atoms with Crippen LogP contribution in [0.2, 0.25) is 0 Å². The van der Waals surface area contributed by atoms with Crippen molar-refractivity contribution in [3.8, 4) is 0 Å². The highest BCUT2D eigenvalue weighted by Gasteiger charge is 2.06. The number of aliphatic imine (C=N–C) groups is 1. The molecule has 1 aromatic heterocycles. The second-order valence-corrected chi connectivity index (χ2v) is 5.90. The summed E-state index contributed by atoms with van der Waals surface area (Å²) in [6.07, 6.45) is 6.57. The average molecular weight is 406 g/mol. The van der Waals surface area contributed by atoms with Crippen molar-refractivity contribution in [1.29, 1.82) is 0 Å². The monoisotopic (exact) mass is 406 g/mol. The molecule has 1 atom stereocenters. The number of aryl methyl sites for hydroxylation is 1. The molecule has 21 heavy (non-hydrogen) atoms. The van der Waals surface area contributed by atoms with Gasteiger partial charge in [-0.1, -0.05) is 13.8 Å². The Balaban J connectivity index is 0.00000400. The van der Waals surface area contributed by atoms with Crippen LogP contribution in [0.5, 0.6) is 0 Å². The van der Waals surface area contributed by atoms with Gasteiger partial charge in [0.05, 0.1) is 6.54 Å². The molecule has 0 spiro atoms.